The van der Waals surface area contributed by atoms with E-state index in [1.165, 1.54) is 10.4 Å². The number of likely N-dealkylation sites (N-methyl/N-ethyl adjacent to an activating group) is 1. The third-order valence-corrected chi connectivity index (χ3v) is 4.14. The van der Waals surface area contributed by atoms with Crippen molar-refractivity contribution in [3.8, 4) is 0 Å². The molecule has 3 nitrogen and oxygen atoms in total. The molecule has 0 atom stereocenters. The molecule has 0 bridgehead atoms. The molecular weight excluding hydrogens is 268 g/mol. The minimum Gasteiger partial charge on any atom is -0.351 e. The van der Waals surface area contributed by atoms with E-state index in [4.69, 9.17) is 0 Å². The van der Waals surface area contributed by atoms with Gasteiger partial charge in [0.25, 0.3) is 0 Å². The highest BCUT2D eigenvalue weighted by Crippen LogP contribution is 2.16. The largest absolute Gasteiger partial charge is 0.351 e. The van der Waals surface area contributed by atoms with E-state index in [0.29, 0.717) is 13.1 Å². The quantitative estimate of drug-likeness (QED) is 0.886. The van der Waals surface area contributed by atoms with Crippen molar-refractivity contribution in [2.45, 2.75) is 20.0 Å². The van der Waals surface area contributed by atoms with E-state index in [1.807, 2.05) is 42.3 Å². The number of aryl methyl sites for hydroxylation is 1. The Kier molecular flexibility index (Phi) is 5.32. The Labute approximate surface area is 124 Å². The number of nitrogens with zero attached hydrogens (tertiary/aromatic N) is 1. The summed E-state index contributed by atoms with van der Waals surface area (Å²) in [7, 11) is 1.97. The van der Waals surface area contributed by atoms with Crippen molar-refractivity contribution in [2.75, 3.05) is 13.6 Å². The number of carbonyl (C=O) groups excluding carboxylic acids is 1. The molecule has 0 fully saturated rings. The Morgan fingerprint density at radius 2 is 2.00 bits per heavy atom. The van der Waals surface area contributed by atoms with Gasteiger partial charge in [0, 0.05) is 18.0 Å². The maximum absolute atomic E-state index is 11.9. The molecule has 1 heterocycles. The fourth-order valence-electron chi connectivity index (χ4n) is 1.96. The van der Waals surface area contributed by atoms with Crippen molar-refractivity contribution in [2.24, 2.45) is 0 Å². The van der Waals surface area contributed by atoms with Gasteiger partial charge in [0.15, 0.2) is 0 Å². The summed E-state index contributed by atoms with van der Waals surface area (Å²) in [4.78, 5) is 15.3. The van der Waals surface area contributed by atoms with E-state index >= 15 is 0 Å². The predicted octanol–water partition coefficient (Wildman–Crippen LogP) is 2.80. The van der Waals surface area contributed by atoms with Gasteiger partial charge in [-0.2, -0.15) is 0 Å². The number of amides is 1. The Morgan fingerprint density at radius 3 is 2.65 bits per heavy atom. The molecule has 0 spiro atoms. The van der Waals surface area contributed by atoms with Gasteiger partial charge in [0.1, 0.15) is 0 Å². The third kappa shape index (κ3) is 4.47. The molecule has 0 saturated heterocycles. The molecule has 2 rings (SSSR count). The van der Waals surface area contributed by atoms with Crippen LogP contribution in [0.4, 0.5) is 0 Å². The van der Waals surface area contributed by atoms with Crippen LogP contribution in [0.15, 0.2) is 41.8 Å². The first-order chi connectivity index (χ1) is 9.65. The van der Waals surface area contributed by atoms with Crippen LogP contribution in [0.5, 0.6) is 0 Å². The van der Waals surface area contributed by atoms with Crippen LogP contribution in [0, 0.1) is 6.92 Å². The molecule has 0 saturated carbocycles. The molecule has 0 radical (unpaired) electrons. The minimum absolute atomic E-state index is 0.0607. The van der Waals surface area contributed by atoms with Gasteiger partial charge in [-0.3, -0.25) is 9.69 Å². The average Bonchev–Trinajstić information content (AvgIpc) is 2.83. The standard InChI is InChI=1S/C16H20N2OS/c1-13-8-9-20-15(13)11-18(2)12-16(19)17-10-14-6-4-3-5-7-14/h3-9H,10-12H2,1-2H3,(H,17,19). The number of carbonyl (C=O) groups is 1. The molecule has 1 amide bonds. The molecule has 0 aliphatic rings. The van der Waals surface area contributed by atoms with Crippen molar-refractivity contribution in [3.63, 3.8) is 0 Å². The first kappa shape index (κ1) is 14.8. The van der Waals surface area contributed by atoms with Gasteiger partial charge in [-0.15, -0.1) is 11.3 Å². The minimum atomic E-state index is 0.0607. The number of benzene rings is 1. The third-order valence-electron chi connectivity index (χ3n) is 3.13. The van der Waals surface area contributed by atoms with Crippen molar-refractivity contribution in [1.82, 2.24) is 10.2 Å². The average molecular weight is 288 g/mol. The van der Waals surface area contributed by atoms with E-state index < -0.39 is 0 Å². The van der Waals surface area contributed by atoms with Crippen molar-refractivity contribution in [3.05, 3.63) is 57.8 Å². The maximum atomic E-state index is 11.9. The zero-order chi connectivity index (χ0) is 14.4. The van der Waals surface area contributed by atoms with Crippen LogP contribution in [0.3, 0.4) is 0 Å². The number of thiophene rings is 1. The van der Waals surface area contributed by atoms with Gasteiger partial charge in [-0.1, -0.05) is 30.3 Å². The van der Waals surface area contributed by atoms with Crippen molar-refractivity contribution in [1.29, 1.82) is 0 Å². The molecule has 4 heteroatoms. The molecule has 0 unspecified atom stereocenters. The monoisotopic (exact) mass is 288 g/mol. The van der Waals surface area contributed by atoms with E-state index in [2.05, 4.69) is 23.7 Å². The summed E-state index contributed by atoms with van der Waals surface area (Å²) in [6, 6.07) is 12.1. The lowest BCUT2D eigenvalue weighted by atomic mass is 10.2. The van der Waals surface area contributed by atoms with E-state index in [0.717, 1.165) is 12.1 Å². The summed E-state index contributed by atoms with van der Waals surface area (Å²) in [5.74, 6) is 0.0607. The second-order valence-corrected chi connectivity index (χ2v) is 5.96. The molecule has 20 heavy (non-hydrogen) atoms. The van der Waals surface area contributed by atoms with E-state index in [1.54, 1.807) is 11.3 Å². The number of hydrogen-bond donors (Lipinski definition) is 1. The molecule has 1 N–H and O–H groups in total. The van der Waals surface area contributed by atoms with Gasteiger partial charge in [0.2, 0.25) is 5.91 Å². The second kappa shape index (κ2) is 7.22. The highest BCUT2D eigenvalue weighted by molar-refractivity contribution is 7.10. The van der Waals surface area contributed by atoms with Crippen LogP contribution < -0.4 is 5.32 Å². The Bertz CT molecular complexity index is 551. The SMILES string of the molecule is Cc1ccsc1CN(C)CC(=O)NCc1ccccc1. The van der Waals surface area contributed by atoms with Crippen LogP contribution in [0.1, 0.15) is 16.0 Å². The summed E-state index contributed by atoms with van der Waals surface area (Å²) in [5, 5.41) is 5.04. The fourth-order valence-corrected chi connectivity index (χ4v) is 2.95. The topological polar surface area (TPSA) is 32.3 Å². The lowest BCUT2D eigenvalue weighted by Gasteiger charge is -2.16. The second-order valence-electron chi connectivity index (χ2n) is 4.96. The van der Waals surface area contributed by atoms with Crippen molar-refractivity contribution < 1.29 is 4.79 Å². The van der Waals surface area contributed by atoms with Gasteiger partial charge in [0.05, 0.1) is 6.54 Å². The van der Waals surface area contributed by atoms with Crippen LogP contribution in [-0.4, -0.2) is 24.4 Å². The molecule has 0 aliphatic heterocycles. The first-order valence-electron chi connectivity index (χ1n) is 6.67. The lowest BCUT2D eigenvalue weighted by Crippen LogP contribution is -2.34. The fraction of sp³-hybridized carbons (Fsp3) is 0.312. The number of rotatable bonds is 6. The van der Waals surface area contributed by atoms with Gasteiger partial charge in [-0.25, -0.2) is 0 Å². The van der Waals surface area contributed by atoms with Crippen LogP contribution >= 0.6 is 11.3 Å². The van der Waals surface area contributed by atoms with Gasteiger partial charge in [-0.05, 0) is 36.5 Å². The molecule has 1 aromatic carbocycles. The van der Waals surface area contributed by atoms with E-state index in [-0.39, 0.29) is 5.91 Å². The molecular formula is C16H20N2OS. The molecule has 1 aromatic heterocycles. The zero-order valence-corrected chi connectivity index (χ0v) is 12.7. The highest BCUT2D eigenvalue weighted by atomic mass is 32.1. The lowest BCUT2D eigenvalue weighted by molar-refractivity contribution is -0.122. The van der Waals surface area contributed by atoms with Crippen LogP contribution in [-0.2, 0) is 17.9 Å². The normalized spacial score (nSPS) is 10.8. The number of hydrogen-bond acceptors (Lipinski definition) is 3. The zero-order valence-electron chi connectivity index (χ0n) is 11.9. The Balaban J connectivity index is 1.75. The maximum Gasteiger partial charge on any atom is 0.234 e. The van der Waals surface area contributed by atoms with Crippen molar-refractivity contribution >= 4 is 17.2 Å². The summed E-state index contributed by atoms with van der Waals surface area (Å²) in [6.07, 6.45) is 0. The molecule has 0 aliphatic carbocycles. The summed E-state index contributed by atoms with van der Waals surface area (Å²) in [6.45, 7) is 3.94. The highest BCUT2D eigenvalue weighted by Gasteiger charge is 2.09. The molecule has 106 valence electrons. The van der Waals surface area contributed by atoms with E-state index in [9.17, 15) is 4.79 Å². The van der Waals surface area contributed by atoms with Gasteiger partial charge >= 0.3 is 0 Å². The smallest absolute Gasteiger partial charge is 0.234 e. The summed E-state index contributed by atoms with van der Waals surface area (Å²) >= 11 is 1.74. The van der Waals surface area contributed by atoms with Crippen LogP contribution in [0.2, 0.25) is 0 Å². The van der Waals surface area contributed by atoms with Gasteiger partial charge < -0.3 is 5.32 Å². The van der Waals surface area contributed by atoms with Crippen LogP contribution in [0.25, 0.3) is 0 Å². The molecule has 2 aromatic rings. The Morgan fingerprint density at radius 1 is 1.25 bits per heavy atom. The summed E-state index contributed by atoms with van der Waals surface area (Å²) in [5.41, 5.74) is 2.42. The first-order valence-corrected chi connectivity index (χ1v) is 7.55. The predicted molar refractivity (Wildman–Crippen MR) is 83.7 cm³/mol. The summed E-state index contributed by atoms with van der Waals surface area (Å²) < 4.78 is 0. The Hall–Kier alpha value is -1.65. The number of nitrogens with one attached hydrogen (secondary N) is 1.